The minimum Gasteiger partial charge on any atom is -0.396 e. The molecule has 1 atom stereocenters. The smallest absolute Gasteiger partial charge is 0.0719 e. The molecule has 2 N–H and O–H groups in total. The Labute approximate surface area is 66.2 Å². The molecule has 1 aliphatic rings. The van der Waals surface area contributed by atoms with E-state index in [2.05, 4.69) is 12.0 Å². The normalized spacial score (nSPS) is 20.1. The van der Waals surface area contributed by atoms with Crippen LogP contribution in [0.2, 0.25) is 0 Å². The van der Waals surface area contributed by atoms with Gasteiger partial charge in [-0.2, -0.15) is 5.10 Å². The second-order valence-electron chi connectivity index (χ2n) is 3.33. The molecule has 1 unspecified atom stereocenters. The second kappa shape index (κ2) is 2.26. The van der Waals surface area contributed by atoms with Gasteiger partial charge in [-0.1, -0.05) is 0 Å². The van der Waals surface area contributed by atoms with Gasteiger partial charge < -0.3 is 5.73 Å². The number of hydrogen-bond donors (Lipinski definition) is 1. The van der Waals surface area contributed by atoms with E-state index in [4.69, 9.17) is 5.73 Å². The van der Waals surface area contributed by atoms with Crippen molar-refractivity contribution in [2.75, 3.05) is 5.73 Å². The third-order valence-corrected chi connectivity index (χ3v) is 2.34. The Bertz CT molecular complexity index is 250. The van der Waals surface area contributed by atoms with Gasteiger partial charge in [0.15, 0.2) is 0 Å². The van der Waals surface area contributed by atoms with E-state index in [1.165, 1.54) is 12.8 Å². The summed E-state index contributed by atoms with van der Waals surface area (Å²) >= 11 is 0. The number of anilines is 1. The highest BCUT2D eigenvalue weighted by atomic mass is 15.3. The number of rotatable bonds is 2. The summed E-state index contributed by atoms with van der Waals surface area (Å²) in [6, 6.07) is 0.535. The first kappa shape index (κ1) is 6.70. The monoisotopic (exact) mass is 151 g/mol. The van der Waals surface area contributed by atoms with Crippen LogP contribution in [0.3, 0.4) is 0 Å². The highest BCUT2D eigenvalue weighted by Crippen LogP contribution is 2.39. The molecule has 0 spiro atoms. The number of aromatic nitrogens is 2. The van der Waals surface area contributed by atoms with Gasteiger partial charge >= 0.3 is 0 Å². The maximum atomic E-state index is 5.55. The number of nitrogens with zero attached hydrogens (tertiary/aromatic N) is 2. The molecule has 3 heteroatoms. The van der Waals surface area contributed by atoms with Gasteiger partial charge in [-0.25, -0.2) is 0 Å². The van der Waals surface area contributed by atoms with Crippen LogP contribution in [0.25, 0.3) is 0 Å². The van der Waals surface area contributed by atoms with Crippen LogP contribution in [0, 0.1) is 5.92 Å². The lowest BCUT2D eigenvalue weighted by molar-refractivity contribution is 0.440. The van der Waals surface area contributed by atoms with E-state index >= 15 is 0 Å². The molecular formula is C8H13N3. The zero-order valence-corrected chi connectivity index (χ0v) is 6.70. The maximum absolute atomic E-state index is 5.55. The summed E-state index contributed by atoms with van der Waals surface area (Å²) in [5.74, 6) is 0.842. The Morgan fingerprint density at radius 2 is 2.45 bits per heavy atom. The molecule has 1 aliphatic carbocycles. The summed E-state index contributed by atoms with van der Waals surface area (Å²) in [6.07, 6.45) is 6.31. The first-order valence-corrected chi connectivity index (χ1v) is 4.07. The molecule has 0 amide bonds. The maximum Gasteiger partial charge on any atom is 0.0719 e. The van der Waals surface area contributed by atoms with Crippen LogP contribution < -0.4 is 5.73 Å². The first-order chi connectivity index (χ1) is 5.27. The standard InChI is InChI=1S/C8H13N3/c1-6(7-2-3-7)11-5-8(9)4-10-11/h4-7H,2-3,9H2,1H3. The SMILES string of the molecule is CC(C1CC1)n1cc(N)cn1. The highest BCUT2D eigenvalue weighted by Gasteiger charge is 2.29. The molecule has 0 bridgehead atoms. The molecule has 1 heterocycles. The van der Waals surface area contributed by atoms with E-state index in [0.29, 0.717) is 6.04 Å². The zero-order chi connectivity index (χ0) is 7.84. The summed E-state index contributed by atoms with van der Waals surface area (Å²) < 4.78 is 1.97. The predicted octanol–water partition coefficient (Wildman–Crippen LogP) is 1.44. The van der Waals surface area contributed by atoms with Gasteiger partial charge in [-0.3, -0.25) is 4.68 Å². The van der Waals surface area contributed by atoms with Crippen molar-refractivity contribution in [2.45, 2.75) is 25.8 Å². The second-order valence-corrected chi connectivity index (χ2v) is 3.33. The predicted molar refractivity (Wildman–Crippen MR) is 44.1 cm³/mol. The Hall–Kier alpha value is -0.990. The fourth-order valence-corrected chi connectivity index (χ4v) is 1.37. The van der Waals surface area contributed by atoms with Crippen molar-refractivity contribution >= 4 is 5.69 Å². The van der Waals surface area contributed by atoms with Gasteiger partial charge in [0.25, 0.3) is 0 Å². The minimum absolute atomic E-state index is 0.535. The van der Waals surface area contributed by atoms with Crippen LogP contribution in [-0.2, 0) is 0 Å². The molecule has 1 fully saturated rings. The Balaban J connectivity index is 2.14. The molecule has 0 radical (unpaired) electrons. The summed E-state index contributed by atoms with van der Waals surface area (Å²) in [7, 11) is 0. The van der Waals surface area contributed by atoms with Crippen LogP contribution >= 0.6 is 0 Å². The average Bonchev–Trinajstić information content (AvgIpc) is 2.74. The summed E-state index contributed by atoms with van der Waals surface area (Å²) in [5, 5.41) is 4.17. The van der Waals surface area contributed by atoms with Crippen LogP contribution in [0.15, 0.2) is 12.4 Å². The van der Waals surface area contributed by atoms with Crippen molar-refractivity contribution in [1.82, 2.24) is 9.78 Å². The highest BCUT2D eigenvalue weighted by molar-refractivity contribution is 5.30. The summed E-state index contributed by atoms with van der Waals surface area (Å²) in [5.41, 5.74) is 6.32. The number of nitrogens with two attached hydrogens (primary N) is 1. The molecule has 1 aromatic heterocycles. The van der Waals surface area contributed by atoms with E-state index in [-0.39, 0.29) is 0 Å². The topological polar surface area (TPSA) is 43.8 Å². The molecule has 1 aromatic rings. The lowest BCUT2D eigenvalue weighted by Crippen LogP contribution is -2.06. The number of nitrogen functional groups attached to an aromatic ring is 1. The quantitative estimate of drug-likeness (QED) is 0.695. The van der Waals surface area contributed by atoms with Crippen molar-refractivity contribution in [2.24, 2.45) is 5.92 Å². The molecule has 0 saturated heterocycles. The minimum atomic E-state index is 0.535. The number of hydrogen-bond acceptors (Lipinski definition) is 2. The summed E-state index contributed by atoms with van der Waals surface area (Å²) in [6.45, 7) is 2.20. The van der Waals surface area contributed by atoms with E-state index in [0.717, 1.165) is 11.6 Å². The fourth-order valence-electron chi connectivity index (χ4n) is 1.37. The summed E-state index contributed by atoms with van der Waals surface area (Å²) in [4.78, 5) is 0. The van der Waals surface area contributed by atoms with Crippen molar-refractivity contribution in [1.29, 1.82) is 0 Å². The molecule has 0 aliphatic heterocycles. The van der Waals surface area contributed by atoms with Crippen LogP contribution in [0.4, 0.5) is 5.69 Å². The molecule has 3 nitrogen and oxygen atoms in total. The van der Waals surface area contributed by atoms with Crippen LogP contribution in [0.1, 0.15) is 25.8 Å². The molecule has 11 heavy (non-hydrogen) atoms. The van der Waals surface area contributed by atoms with E-state index < -0.39 is 0 Å². The van der Waals surface area contributed by atoms with Gasteiger partial charge in [-0.05, 0) is 25.7 Å². The van der Waals surface area contributed by atoms with Gasteiger partial charge in [-0.15, -0.1) is 0 Å². The molecule has 1 saturated carbocycles. The third kappa shape index (κ3) is 1.23. The Kier molecular flexibility index (Phi) is 1.37. The van der Waals surface area contributed by atoms with E-state index in [1.54, 1.807) is 6.20 Å². The fraction of sp³-hybridized carbons (Fsp3) is 0.625. The van der Waals surface area contributed by atoms with Gasteiger partial charge in [0.2, 0.25) is 0 Å². The molecule has 2 rings (SSSR count). The van der Waals surface area contributed by atoms with E-state index in [9.17, 15) is 0 Å². The zero-order valence-electron chi connectivity index (χ0n) is 6.70. The molecule has 60 valence electrons. The van der Waals surface area contributed by atoms with Crippen molar-refractivity contribution in [3.05, 3.63) is 12.4 Å². The largest absolute Gasteiger partial charge is 0.396 e. The average molecular weight is 151 g/mol. The third-order valence-electron chi connectivity index (χ3n) is 2.34. The lowest BCUT2D eigenvalue weighted by atomic mass is 10.2. The lowest BCUT2D eigenvalue weighted by Gasteiger charge is -2.09. The van der Waals surface area contributed by atoms with Crippen molar-refractivity contribution in [3.8, 4) is 0 Å². The van der Waals surface area contributed by atoms with Crippen LogP contribution in [-0.4, -0.2) is 9.78 Å². The van der Waals surface area contributed by atoms with Gasteiger partial charge in [0.1, 0.15) is 0 Å². The van der Waals surface area contributed by atoms with E-state index in [1.807, 2.05) is 10.9 Å². The van der Waals surface area contributed by atoms with Gasteiger partial charge in [0.05, 0.1) is 17.9 Å². The Morgan fingerprint density at radius 3 is 2.91 bits per heavy atom. The van der Waals surface area contributed by atoms with Crippen molar-refractivity contribution in [3.63, 3.8) is 0 Å². The van der Waals surface area contributed by atoms with Gasteiger partial charge in [0, 0.05) is 6.20 Å². The van der Waals surface area contributed by atoms with Crippen molar-refractivity contribution < 1.29 is 0 Å². The van der Waals surface area contributed by atoms with Crippen LogP contribution in [0.5, 0.6) is 0 Å². The molecule has 0 aromatic carbocycles. The Morgan fingerprint density at radius 1 is 1.73 bits per heavy atom. The first-order valence-electron chi connectivity index (χ1n) is 4.07. The molecular weight excluding hydrogens is 138 g/mol.